The molecule has 62 valence electrons. The smallest absolute Gasteiger partial charge is 0.190 e. The second-order valence-corrected chi connectivity index (χ2v) is 3.20. The third kappa shape index (κ3) is 2.38. The van der Waals surface area contributed by atoms with Crippen LogP contribution in [0.4, 0.5) is 0 Å². The molecule has 0 amide bonds. The number of thioether (sulfide) groups is 1. The molecule has 0 aliphatic carbocycles. The predicted octanol–water partition coefficient (Wildman–Crippen LogP) is 1.63. The average molecular weight is 192 g/mol. The quantitative estimate of drug-likeness (QED) is 0.536. The lowest BCUT2D eigenvalue weighted by molar-refractivity contribution is 0.623. The molecule has 1 aromatic rings. The number of halogens is 1. The largest absolute Gasteiger partial charge is 0.309 e. The molecule has 0 aliphatic heterocycles. The first-order valence-electron chi connectivity index (χ1n) is 3.36. The van der Waals surface area contributed by atoms with Crippen molar-refractivity contribution in [3.05, 3.63) is 6.33 Å². The summed E-state index contributed by atoms with van der Waals surface area (Å²) in [6.45, 7) is 0.909. The maximum atomic E-state index is 5.55. The Morgan fingerprint density at radius 2 is 2.55 bits per heavy atom. The topological polar surface area (TPSA) is 30.7 Å². The van der Waals surface area contributed by atoms with Gasteiger partial charge in [-0.2, -0.15) is 0 Å². The van der Waals surface area contributed by atoms with Crippen LogP contribution in [-0.4, -0.2) is 26.9 Å². The summed E-state index contributed by atoms with van der Waals surface area (Å²) >= 11 is 7.15. The molecule has 1 rings (SSSR count). The highest BCUT2D eigenvalue weighted by atomic mass is 35.5. The van der Waals surface area contributed by atoms with E-state index in [0.29, 0.717) is 5.88 Å². The summed E-state index contributed by atoms with van der Waals surface area (Å²) in [6, 6.07) is 0. The molecule has 1 heterocycles. The van der Waals surface area contributed by atoms with E-state index >= 15 is 0 Å². The van der Waals surface area contributed by atoms with Crippen LogP contribution >= 0.6 is 23.4 Å². The summed E-state index contributed by atoms with van der Waals surface area (Å²) in [4.78, 5) is 0. The van der Waals surface area contributed by atoms with E-state index in [1.165, 1.54) is 0 Å². The lowest BCUT2D eigenvalue weighted by Gasteiger charge is -2.00. The van der Waals surface area contributed by atoms with Crippen molar-refractivity contribution in [3.8, 4) is 0 Å². The molecule has 0 aliphatic rings. The van der Waals surface area contributed by atoms with Gasteiger partial charge in [0.05, 0.1) is 0 Å². The molecule has 0 saturated heterocycles. The Balaban J connectivity index is 2.54. The van der Waals surface area contributed by atoms with Gasteiger partial charge in [0.1, 0.15) is 6.33 Å². The van der Waals surface area contributed by atoms with Gasteiger partial charge in [0.2, 0.25) is 0 Å². The SMILES string of the molecule is CSc1nncn1CCCCl. The number of rotatable bonds is 4. The highest BCUT2D eigenvalue weighted by Gasteiger charge is 1.99. The molecular formula is C6H10ClN3S. The van der Waals surface area contributed by atoms with E-state index in [4.69, 9.17) is 11.6 Å². The lowest BCUT2D eigenvalue weighted by Crippen LogP contribution is -1.98. The minimum absolute atomic E-state index is 0.687. The Kier molecular flexibility index (Phi) is 3.72. The summed E-state index contributed by atoms with van der Waals surface area (Å²) in [5.41, 5.74) is 0. The zero-order valence-electron chi connectivity index (χ0n) is 6.33. The van der Waals surface area contributed by atoms with Crippen LogP contribution < -0.4 is 0 Å². The Morgan fingerprint density at radius 1 is 1.73 bits per heavy atom. The molecule has 11 heavy (non-hydrogen) atoms. The van der Waals surface area contributed by atoms with Gasteiger partial charge in [0.15, 0.2) is 5.16 Å². The molecule has 0 spiro atoms. The number of hydrogen-bond donors (Lipinski definition) is 0. The third-order valence-electron chi connectivity index (χ3n) is 1.30. The fraction of sp³-hybridized carbons (Fsp3) is 0.667. The van der Waals surface area contributed by atoms with Crippen LogP contribution in [0.2, 0.25) is 0 Å². The molecule has 0 unspecified atom stereocenters. The maximum absolute atomic E-state index is 5.55. The van der Waals surface area contributed by atoms with E-state index in [9.17, 15) is 0 Å². The lowest BCUT2D eigenvalue weighted by atomic mass is 10.5. The number of alkyl halides is 1. The Morgan fingerprint density at radius 3 is 3.18 bits per heavy atom. The standard InChI is InChI=1S/C6H10ClN3S/c1-11-6-9-8-5-10(6)4-2-3-7/h5H,2-4H2,1H3. The van der Waals surface area contributed by atoms with Gasteiger partial charge >= 0.3 is 0 Å². The molecule has 0 atom stereocenters. The van der Waals surface area contributed by atoms with Crippen molar-refractivity contribution >= 4 is 23.4 Å². The molecule has 5 heteroatoms. The maximum Gasteiger partial charge on any atom is 0.190 e. The number of nitrogens with zero attached hydrogens (tertiary/aromatic N) is 3. The molecule has 0 aromatic carbocycles. The van der Waals surface area contributed by atoms with Crippen molar-refractivity contribution in [1.29, 1.82) is 0 Å². The van der Waals surface area contributed by atoms with Gasteiger partial charge in [-0.3, -0.25) is 0 Å². The number of aromatic nitrogens is 3. The summed E-state index contributed by atoms with van der Waals surface area (Å²) in [5.74, 6) is 0.687. The van der Waals surface area contributed by atoms with E-state index in [2.05, 4.69) is 10.2 Å². The van der Waals surface area contributed by atoms with E-state index in [1.54, 1.807) is 18.1 Å². The van der Waals surface area contributed by atoms with Crippen LogP contribution in [0.25, 0.3) is 0 Å². The summed E-state index contributed by atoms with van der Waals surface area (Å²) in [5, 5.41) is 8.67. The van der Waals surface area contributed by atoms with Gasteiger partial charge in [0, 0.05) is 12.4 Å². The highest BCUT2D eigenvalue weighted by Crippen LogP contribution is 2.10. The average Bonchev–Trinajstić information content (AvgIpc) is 2.47. The normalized spacial score (nSPS) is 10.4. The fourth-order valence-corrected chi connectivity index (χ4v) is 1.41. The van der Waals surface area contributed by atoms with Gasteiger partial charge in [-0.1, -0.05) is 11.8 Å². The molecule has 0 fully saturated rings. The Labute approximate surface area is 75.1 Å². The molecule has 0 saturated carbocycles. The van der Waals surface area contributed by atoms with Crippen molar-refractivity contribution in [2.75, 3.05) is 12.1 Å². The number of aryl methyl sites for hydroxylation is 1. The van der Waals surface area contributed by atoms with Gasteiger partial charge in [0.25, 0.3) is 0 Å². The van der Waals surface area contributed by atoms with Gasteiger partial charge in [-0.25, -0.2) is 0 Å². The van der Waals surface area contributed by atoms with Crippen molar-refractivity contribution in [3.63, 3.8) is 0 Å². The monoisotopic (exact) mass is 191 g/mol. The van der Waals surface area contributed by atoms with Crippen molar-refractivity contribution in [1.82, 2.24) is 14.8 Å². The Bertz CT molecular complexity index is 213. The molecule has 1 aromatic heterocycles. The minimum Gasteiger partial charge on any atom is -0.309 e. The van der Waals surface area contributed by atoms with Gasteiger partial charge in [-0.15, -0.1) is 21.8 Å². The first-order chi connectivity index (χ1) is 5.38. The van der Waals surface area contributed by atoms with Crippen LogP contribution in [0.3, 0.4) is 0 Å². The van der Waals surface area contributed by atoms with Crippen molar-refractivity contribution < 1.29 is 0 Å². The van der Waals surface area contributed by atoms with Gasteiger partial charge < -0.3 is 4.57 Å². The van der Waals surface area contributed by atoms with Gasteiger partial charge in [-0.05, 0) is 12.7 Å². The second-order valence-electron chi connectivity index (χ2n) is 2.05. The molecule has 0 bridgehead atoms. The van der Waals surface area contributed by atoms with Crippen molar-refractivity contribution in [2.45, 2.75) is 18.1 Å². The minimum atomic E-state index is 0.687. The van der Waals surface area contributed by atoms with Crippen LogP contribution in [0.15, 0.2) is 11.5 Å². The predicted molar refractivity (Wildman–Crippen MR) is 47.1 cm³/mol. The third-order valence-corrected chi connectivity index (χ3v) is 2.24. The summed E-state index contributed by atoms with van der Waals surface area (Å²) in [6.07, 6.45) is 4.69. The fourth-order valence-electron chi connectivity index (χ4n) is 0.786. The summed E-state index contributed by atoms with van der Waals surface area (Å²) < 4.78 is 2.01. The van der Waals surface area contributed by atoms with E-state index < -0.39 is 0 Å². The zero-order chi connectivity index (χ0) is 8.10. The first-order valence-corrected chi connectivity index (χ1v) is 5.12. The number of hydrogen-bond acceptors (Lipinski definition) is 3. The van der Waals surface area contributed by atoms with Crippen LogP contribution in [0, 0.1) is 0 Å². The molecule has 0 N–H and O–H groups in total. The van der Waals surface area contributed by atoms with Crippen LogP contribution in [0.1, 0.15) is 6.42 Å². The van der Waals surface area contributed by atoms with E-state index in [0.717, 1.165) is 18.1 Å². The molecular weight excluding hydrogens is 182 g/mol. The van der Waals surface area contributed by atoms with Crippen LogP contribution in [-0.2, 0) is 6.54 Å². The van der Waals surface area contributed by atoms with E-state index in [1.807, 2.05) is 10.8 Å². The highest BCUT2D eigenvalue weighted by molar-refractivity contribution is 7.98. The molecule has 0 radical (unpaired) electrons. The van der Waals surface area contributed by atoms with Crippen LogP contribution in [0.5, 0.6) is 0 Å². The summed E-state index contributed by atoms with van der Waals surface area (Å²) in [7, 11) is 0. The zero-order valence-corrected chi connectivity index (χ0v) is 7.90. The second kappa shape index (κ2) is 4.62. The molecule has 3 nitrogen and oxygen atoms in total. The first kappa shape index (κ1) is 8.87. The van der Waals surface area contributed by atoms with Crippen molar-refractivity contribution in [2.24, 2.45) is 0 Å². The Hall–Kier alpha value is -0.220. The van der Waals surface area contributed by atoms with E-state index in [-0.39, 0.29) is 0 Å².